The second-order valence-electron chi connectivity index (χ2n) is 8.88. The van der Waals surface area contributed by atoms with Gasteiger partial charge in [-0.25, -0.2) is 4.79 Å². The van der Waals surface area contributed by atoms with Gasteiger partial charge >= 0.3 is 5.69 Å². The number of hydrogen-bond acceptors (Lipinski definition) is 4. The maximum atomic E-state index is 12.8. The van der Waals surface area contributed by atoms with Crippen LogP contribution in [0.4, 0.5) is 0 Å². The molecule has 0 radical (unpaired) electrons. The molecule has 1 atom stereocenters. The first-order valence-electron chi connectivity index (χ1n) is 11.8. The van der Waals surface area contributed by atoms with Crippen LogP contribution in [0.3, 0.4) is 0 Å². The van der Waals surface area contributed by atoms with E-state index in [9.17, 15) is 4.79 Å². The Morgan fingerprint density at radius 2 is 2.06 bits per heavy atom. The second-order valence-corrected chi connectivity index (χ2v) is 8.88. The largest absolute Gasteiger partial charge is 0.348 e. The average Bonchev–Trinajstić information content (AvgIpc) is 3.26. The van der Waals surface area contributed by atoms with Crippen molar-refractivity contribution in [3.05, 3.63) is 100 Å². The number of fused-ring (bicyclic) bond motifs is 1. The van der Waals surface area contributed by atoms with Crippen LogP contribution in [0.15, 0.2) is 78.4 Å². The van der Waals surface area contributed by atoms with Gasteiger partial charge in [0.15, 0.2) is 0 Å². The van der Waals surface area contributed by atoms with E-state index in [1.807, 2.05) is 48.5 Å². The number of aromatic nitrogens is 4. The van der Waals surface area contributed by atoms with Crippen molar-refractivity contribution in [2.45, 2.75) is 25.2 Å². The van der Waals surface area contributed by atoms with Gasteiger partial charge in [-0.3, -0.25) is 9.97 Å². The molecule has 0 saturated carbocycles. The van der Waals surface area contributed by atoms with Crippen molar-refractivity contribution in [2.75, 3.05) is 19.6 Å². The number of rotatable bonds is 6. The number of nitrogens with zero attached hydrogens (tertiary/aromatic N) is 4. The summed E-state index contributed by atoms with van der Waals surface area (Å²) >= 11 is 0. The van der Waals surface area contributed by atoms with Crippen LogP contribution in [0.5, 0.6) is 0 Å². The zero-order chi connectivity index (χ0) is 23.5. The lowest BCUT2D eigenvalue weighted by molar-refractivity contribution is 0.208. The predicted octanol–water partition coefficient (Wildman–Crippen LogP) is 3.13. The molecule has 3 heterocycles. The van der Waals surface area contributed by atoms with Crippen molar-refractivity contribution < 1.29 is 0 Å². The Balaban J connectivity index is 1.35. The molecule has 6 nitrogen and oxygen atoms in total. The highest BCUT2D eigenvalue weighted by atomic mass is 16.1. The molecular weight excluding hydrogens is 422 g/mol. The van der Waals surface area contributed by atoms with Crippen LogP contribution in [0.1, 0.15) is 31.0 Å². The van der Waals surface area contributed by atoms with E-state index >= 15 is 0 Å². The Morgan fingerprint density at radius 3 is 2.91 bits per heavy atom. The van der Waals surface area contributed by atoms with E-state index in [0.717, 1.165) is 66.4 Å². The lowest BCUT2D eigenvalue weighted by atomic mass is 9.97. The summed E-state index contributed by atoms with van der Waals surface area (Å²) in [7, 11) is 0. The third-order valence-electron chi connectivity index (χ3n) is 6.72. The first kappa shape index (κ1) is 22.0. The Hall–Kier alpha value is -3.77. The highest BCUT2D eigenvalue weighted by molar-refractivity contribution is 5.89. The molecule has 1 aliphatic heterocycles. The van der Waals surface area contributed by atoms with E-state index in [1.54, 1.807) is 12.4 Å². The van der Waals surface area contributed by atoms with Crippen LogP contribution in [0.25, 0.3) is 28.6 Å². The van der Waals surface area contributed by atoms with Gasteiger partial charge in [0, 0.05) is 42.2 Å². The maximum absolute atomic E-state index is 12.8. The molecule has 1 aliphatic rings. The number of hydrogen-bond donors (Lipinski definition) is 1. The van der Waals surface area contributed by atoms with E-state index in [4.69, 9.17) is 5.10 Å². The number of likely N-dealkylation sites (tertiary alicyclic amines) is 1. The fourth-order valence-electron chi connectivity index (χ4n) is 4.92. The molecule has 4 aromatic rings. The molecule has 2 aromatic heterocycles. The molecule has 172 valence electrons. The van der Waals surface area contributed by atoms with Crippen LogP contribution < -0.4 is 16.1 Å². The number of pyridine rings is 1. The van der Waals surface area contributed by atoms with Gasteiger partial charge in [0.05, 0.1) is 5.69 Å². The van der Waals surface area contributed by atoms with Gasteiger partial charge in [0.2, 0.25) is 0 Å². The summed E-state index contributed by atoms with van der Waals surface area (Å²) in [4.78, 5) is 22.5. The molecule has 2 aromatic carbocycles. The standard InChI is InChI=1S/C28H29N5O/c1-3-21(24-11-5-4-8-20(24)2)14-17-32-16-7-10-23(19-32)27-30-28(34)33(31-27)26-12-6-9-22-18-29-15-13-25(22)26/h3-6,8-9,11-13,15,18,23H,1-2,7,10,14,16-17,19H2,(H,30,31,34)/b24-21+/t23-/m0/s1. The average molecular weight is 452 g/mol. The molecule has 5 rings (SSSR count). The summed E-state index contributed by atoms with van der Waals surface area (Å²) in [5.74, 6) is 0.962. The van der Waals surface area contributed by atoms with Gasteiger partial charge in [0.25, 0.3) is 0 Å². The SMILES string of the molecule is C=C/C(CCN1CCC[C@H](c2nn(-c3cccc4cnccc34)c(=O)[nH]2)C1)=c1/ccccc1=C. The molecule has 6 heteroatoms. The second kappa shape index (κ2) is 9.61. The minimum absolute atomic E-state index is 0.201. The molecule has 0 aliphatic carbocycles. The molecular formula is C28H29N5O. The van der Waals surface area contributed by atoms with Crippen LogP contribution >= 0.6 is 0 Å². The molecule has 0 spiro atoms. The number of nitrogens with one attached hydrogen (secondary N) is 1. The zero-order valence-electron chi connectivity index (χ0n) is 19.3. The Bertz CT molecular complexity index is 1490. The molecule has 0 bridgehead atoms. The smallest absolute Gasteiger partial charge is 0.302 e. The number of benzene rings is 2. The van der Waals surface area contributed by atoms with Gasteiger partial charge in [-0.15, -0.1) is 5.10 Å². The van der Waals surface area contributed by atoms with Crippen molar-refractivity contribution in [1.82, 2.24) is 24.6 Å². The monoisotopic (exact) mass is 451 g/mol. The summed E-state index contributed by atoms with van der Waals surface area (Å²) in [5.41, 5.74) is 1.79. The maximum Gasteiger partial charge on any atom is 0.348 e. The molecule has 1 saturated heterocycles. The fourth-order valence-corrected chi connectivity index (χ4v) is 4.92. The molecule has 1 fully saturated rings. The van der Waals surface area contributed by atoms with Crippen LogP contribution in [-0.2, 0) is 0 Å². The van der Waals surface area contributed by atoms with Crippen molar-refractivity contribution in [3.8, 4) is 5.69 Å². The van der Waals surface area contributed by atoms with E-state index in [2.05, 4.69) is 34.1 Å². The van der Waals surface area contributed by atoms with Crippen molar-refractivity contribution in [2.24, 2.45) is 0 Å². The number of allylic oxidation sites excluding steroid dienone is 1. The van der Waals surface area contributed by atoms with Crippen LogP contribution in [0, 0.1) is 0 Å². The number of piperidine rings is 1. The lowest BCUT2D eigenvalue weighted by Gasteiger charge is -2.31. The van der Waals surface area contributed by atoms with Crippen molar-refractivity contribution >= 4 is 22.9 Å². The summed E-state index contributed by atoms with van der Waals surface area (Å²) in [5, 5.41) is 8.87. The highest BCUT2D eigenvalue weighted by Gasteiger charge is 2.25. The topological polar surface area (TPSA) is 66.8 Å². The number of H-pyrrole nitrogens is 1. The normalized spacial score (nSPS) is 17.6. The summed E-state index contributed by atoms with van der Waals surface area (Å²) < 4.78 is 1.49. The fraction of sp³-hybridized carbons (Fsp3) is 0.250. The lowest BCUT2D eigenvalue weighted by Crippen LogP contribution is -2.36. The van der Waals surface area contributed by atoms with Crippen molar-refractivity contribution in [3.63, 3.8) is 0 Å². The van der Waals surface area contributed by atoms with Crippen LogP contribution in [-0.4, -0.2) is 44.3 Å². The first-order valence-corrected chi connectivity index (χ1v) is 11.8. The van der Waals surface area contributed by atoms with Gasteiger partial charge in [-0.1, -0.05) is 55.6 Å². The highest BCUT2D eigenvalue weighted by Crippen LogP contribution is 2.25. The zero-order valence-corrected chi connectivity index (χ0v) is 19.3. The Morgan fingerprint density at radius 1 is 1.18 bits per heavy atom. The Kier molecular flexibility index (Phi) is 6.23. The van der Waals surface area contributed by atoms with E-state index in [0.29, 0.717) is 0 Å². The summed E-state index contributed by atoms with van der Waals surface area (Å²) in [6.07, 6.45) is 8.50. The third kappa shape index (κ3) is 4.37. The predicted molar refractivity (Wildman–Crippen MR) is 137 cm³/mol. The van der Waals surface area contributed by atoms with Gasteiger partial charge < -0.3 is 4.90 Å². The van der Waals surface area contributed by atoms with Crippen molar-refractivity contribution in [1.29, 1.82) is 0 Å². The summed E-state index contributed by atoms with van der Waals surface area (Å²) in [6.45, 7) is 11.1. The van der Waals surface area contributed by atoms with E-state index < -0.39 is 0 Å². The molecule has 34 heavy (non-hydrogen) atoms. The molecule has 0 amide bonds. The Labute approximate surface area is 198 Å². The van der Waals surface area contributed by atoms with Gasteiger partial charge in [-0.05, 0) is 54.0 Å². The first-order chi connectivity index (χ1) is 16.6. The summed E-state index contributed by atoms with van der Waals surface area (Å²) in [6, 6.07) is 16.0. The number of aromatic amines is 1. The van der Waals surface area contributed by atoms with Crippen LogP contribution in [0.2, 0.25) is 0 Å². The molecule has 0 unspecified atom stereocenters. The minimum Gasteiger partial charge on any atom is -0.302 e. The molecule has 1 N–H and O–H groups in total. The van der Waals surface area contributed by atoms with E-state index in [-0.39, 0.29) is 11.6 Å². The third-order valence-corrected chi connectivity index (χ3v) is 6.72. The minimum atomic E-state index is -0.203. The van der Waals surface area contributed by atoms with E-state index in [1.165, 1.54) is 15.5 Å². The van der Waals surface area contributed by atoms with Gasteiger partial charge in [0.1, 0.15) is 5.82 Å². The van der Waals surface area contributed by atoms with Gasteiger partial charge in [-0.2, -0.15) is 4.68 Å². The quantitative estimate of drug-likeness (QED) is 0.489.